The molecule has 0 aliphatic rings. The highest BCUT2D eigenvalue weighted by Crippen LogP contribution is 2.24. The van der Waals surface area contributed by atoms with E-state index in [1.165, 1.54) is 11.8 Å². The number of rotatable bonds is 6. The standard InChI is InChI=1S/C16H21N3OS/c1-4-7-11(2)17-15(20)10-21-16-13-8-5-6-9-14(13)18-12(3)19-16/h5-6,8-9,11H,4,7,10H2,1-3H3,(H,17,20)/t11-/m0/s1. The fraction of sp³-hybridized carbons (Fsp3) is 0.438. The summed E-state index contributed by atoms with van der Waals surface area (Å²) in [6, 6.07) is 8.12. The molecule has 0 fully saturated rings. The molecule has 112 valence electrons. The molecule has 0 aliphatic carbocycles. The zero-order chi connectivity index (χ0) is 15.2. The molecular weight excluding hydrogens is 282 g/mol. The molecular formula is C16H21N3OS. The molecule has 1 aromatic carbocycles. The van der Waals surface area contributed by atoms with Crippen LogP contribution in [0, 0.1) is 6.92 Å². The molecule has 0 aliphatic heterocycles. The first-order valence-electron chi connectivity index (χ1n) is 7.25. The highest BCUT2D eigenvalue weighted by molar-refractivity contribution is 8.00. The van der Waals surface area contributed by atoms with Crippen molar-refractivity contribution in [3.05, 3.63) is 30.1 Å². The van der Waals surface area contributed by atoms with Crippen LogP contribution in [0.5, 0.6) is 0 Å². The van der Waals surface area contributed by atoms with Gasteiger partial charge in [0.1, 0.15) is 10.9 Å². The Balaban J connectivity index is 2.05. The fourth-order valence-electron chi connectivity index (χ4n) is 2.22. The number of aromatic nitrogens is 2. The molecule has 1 N–H and O–H groups in total. The van der Waals surface area contributed by atoms with Gasteiger partial charge >= 0.3 is 0 Å². The molecule has 21 heavy (non-hydrogen) atoms. The number of thioether (sulfide) groups is 1. The van der Waals surface area contributed by atoms with Gasteiger partial charge in [-0.05, 0) is 26.3 Å². The molecule has 1 aromatic heterocycles. The normalized spacial score (nSPS) is 12.3. The van der Waals surface area contributed by atoms with Crippen molar-refractivity contribution in [2.75, 3.05) is 5.75 Å². The van der Waals surface area contributed by atoms with E-state index >= 15 is 0 Å². The third kappa shape index (κ3) is 4.43. The van der Waals surface area contributed by atoms with E-state index in [1.54, 1.807) is 0 Å². The zero-order valence-corrected chi connectivity index (χ0v) is 13.5. The van der Waals surface area contributed by atoms with Gasteiger partial charge in [0, 0.05) is 11.4 Å². The Morgan fingerprint density at radius 1 is 1.33 bits per heavy atom. The predicted molar refractivity (Wildman–Crippen MR) is 87.5 cm³/mol. The smallest absolute Gasteiger partial charge is 0.230 e. The summed E-state index contributed by atoms with van der Waals surface area (Å²) in [7, 11) is 0. The van der Waals surface area contributed by atoms with E-state index in [4.69, 9.17) is 0 Å². The van der Waals surface area contributed by atoms with Crippen LogP contribution in [0.2, 0.25) is 0 Å². The van der Waals surface area contributed by atoms with Gasteiger partial charge in [0.25, 0.3) is 0 Å². The van der Waals surface area contributed by atoms with Crippen molar-refractivity contribution < 1.29 is 4.79 Å². The maximum atomic E-state index is 11.9. The lowest BCUT2D eigenvalue weighted by atomic mass is 10.2. The molecule has 4 nitrogen and oxygen atoms in total. The molecule has 1 amide bonds. The van der Waals surface area contributed by atoms with Crippen LogP contribution in [0.15, 0.2) is 29.3 Å². The van der Waals surface area contributed by atoms with Gasteiger partial charge in [-0.15, -0.1) is 0 Å². The van der Waals surface area contributed by atoms with E-state index in [2.05, 4.69) is 22.2 Å². The lowest BCUT2D eigenvalue weighted by Crippen LogP contribution is -2.33. The van der Waals surface area contributed by atoms with Gasteiger partial charge in [0.15, 0.2) is 0 Å². The van der Waals surface area contributed by atoms with Crippen LogP contribution in [-0.4, -0.2) is 27.7 Å². The Morgan fingerprint density at radius 3 is 2.86 bits per heavy atom. The Kier molecular flexibility index (Phi) is 5.56. The van der Waals surface area contributed by atoms with Crippen LogP contribution in [0.1, 0.15) is 32.5 Å². The second-order valence-corrected chi connectivity index (χ2v) is 6.10. The summed E-state index contributed by atoms with van der Waals surface area (Å²) in [5.74, 6) is 1.17. The van der Waals surface area contributed by atoms with Gasteiger partial charge in [-0.1, -0.05) is 43.3 Å². The quantitative estimate of drug-likeness (QED) is 0.657. The molecule has 2 rings (SSSR count). The summed E-state index contributed by atoms with van der Waals surface area (Å²) >= 11 is 1.47. The Hall–Kier alpha value is -1.62. The maximum Gasteiger partial charge on any atom is 0.230 e. The maximum absolute atomic E-state index is 11.9. The number of nitrogens with zero attached hydrogens (tertiary/aromatic N) is 2. The third-order valence-electron chi connectivity index (χ3n) is 3.15. The van der Waals surface area contributed by atoms with E-state index in [9.17, 15) is 4.79 Å². The Bertz CT molecular complexity index is 630. The van der Waals surface area contributed by atoms with Crippen LogP contribution in [0.25, 0.3) is 10.9 Å². The van der Waals surface area contributed by atoms with Crippen LogP contribution < -0.4 is 5.32 Å². The number of carbonyl (C=O) groups is 1. The second kappa shape index (κ2) is 7.41. The monoisotopic (exact) mass is 303 g/mol. The molecule has 0 unspecified atom stereocenters. The minimum Gasteiger partial charge on any atom is -0.353 e. The van der Waals surface area contributed by atoms with Crippen LogP contribution in [-0.2, 0) is 4.79 Å². The predicted octanol–water partition coefficient (Wildman–Crippen LogP) is 3.34. The summed E-state index contributed by atoms with van der Waals surface area (Å²) in [6.07, 6.45) is 2.08. The largest absolute Gasteiger partial charge is 0.353 e. The van der Waals surface area contributed by atoms with Crippen molar-refractivity contribution in [1.29, 1.82) is 0 Å². The van der Waals surface area contributed by atoms with Crippen molar-refractivity contribution in [2.24, 2.45) is 0 Å². The topological polar surface area (TPSA) is 54.9 Å². The number of aryl methyl sites for hydroxylation is 1. The number of benzene rings is 1. The van der Waals surface area contributed by atoms with Crippen LogP contribution >= 0.6 is 11.8 Å². The van der Waals surface area contributed by atoms with Crippen molar-refractivity contribution in [3.8, 4) is 0 Å². The first-order valence-corrected chi connectivity index (χ1v) is 8.24. The van der Waals surface area contributed by atoms with Gasteiger partial charge in [-0.3, -0.25) is 4.79 Å². The van der Waals surface area contributed by atoms with E-state index < -0.39 is 0 Å². The van der Waals surface area contributed by atoms with E-state index in [0.717, 1.165) is 34.6 Å². The minimum absolute atomic E-state index is 0.0568. The minimum atomic E-state index is 0.0568. The summed E-state index contributed by atoms with van der Waals surface area (Å²) in [5.41, 5.74) is 0.923. The SMILES string of the molecule is CCC[C@H](C)NC(=O)CSc1nc(C)nc2ccccc12. The van der Waals surface area contributed by atoms with Gasteiger partial charge in [0.05, 0.1) is 11.3 Å². The van der Waals surface area contributed by atoms with Crippen molar-refractivity contribution in [2.45, 2.75) is 44.7 Å². The second-order valence-electron chi connectivity index (χ2n) is 5.14. The Morgan fingerprint density at radius 2 is 2.10 bits per heavy atom. The summed E-state index contributed by atoms with van der Waals surface area (Å²) in [6.45, 7) is 6.03. The first kappa shape index (κ1) is 15.8. The van der Waals surface area contributed by atoms with Gasteiger partial charge in [0.2, 0.25) is 5.91 Å². The van der Waals surface area contributed by atoms with E-state index in [-0.39, 0.29) is 11.9 Å². The number of amides is 1. The Labute approximate surface area is 129 Å². The van der Waals surface area contributed by atoms with Crippen LogP contribution in [0.3, 0.4) is 0 Å². The molecule has 1 heterocycles. The molecule has 0 bridgehead atoms. The highest BCUT2D eigenvalue weighted by atomic mass is 32.2. The molecule has 0 saturated heterocycles. The van der Waals surface area contributed by atoms with E-state index in [1.807, 2.05) is 38.1 Å². The van der Waals surface area contributed by atoms with Crippen molar-refractivity contribution in [3.63, 3.8) is 0 Å². The third-order valence-corrected chi connectivity index (χ3v) is 4.14. The zero-order valence-electron chi connectivity index (χ0n) is 12.7. The summed E-state index contributed by atoms with van der Waals surface area (Å²) in [4.78, 5) is 20.8. The van der Waals surface area contributed by atoms with Crippen molar-refractivity contribution in [1.82, 2.24) is 15.3 Å². The first-order chi connectivity index (χ1) is 10.1. The molecule has 0 spiro atoms. The number of carbonyl (C=O) groups excluding carboxylic acids is 1. The number of hydrogen-bond donors (Lipinski definition) is 1. The average Bonchev–Trinajstić information content (AvgIpc) is 2.44. The number of nitrogens with one attached hydrogen (secondary N) is 1. The number of hydrogen-bond acceptors (Lipinski definition) is 4. The summed E-state index contributed by atoms with van der Waals surface area (Å²) < 4.78 is 0. The number of fused-ring (bicyclic) bond motifs is 1. The molecule has 0 radical (unpaired) electrons. The van der Waals surface area contributed by atoms with Crippen molar-refractivity contribution >= 4 is 28.6 Å². The van der Waals surface area contributed by atoms with Gasteiger partial charge < -0.3 is 5.32 Å². The number of para-hydroxylation sites is 1. The lowest BCUT2D eigenvalue weighted by molar-refractivity contribution is -0.119. The average molecular weight is 303 g/mol. The molecule has 5 heteroatoms. The molecule has 0 saturated carbocycles. The van der Waals surface area contributed by atoms with E-state index in [0.29, 0.717) is 5.75 Å². The lowest BCUT2D eigenvalue weighted by Gasteiger charge is -2.12. The fourth-order valence-corrected chi connectivity index (χ4v) is 3.10. The van der Waals surface area contributed by atoms with Crippen LogP contribution in [0.4, 0.5) is 0 Å². The van der Waals surface area contributed by atoms with Gasteiger partial charge in [-0.2, -0.15) is 0 Å². The molecule has 1 atom stereocenters. The van der Waals surface area contributed by atoms with Gasteiger partial charge in [-0.25, -0.2) is 9.97 Å². The molecule has 2 aromatic rings. The highest BCUT2D eigenvalue weighted by Gasteiger charge is 2.10. The summed E-state index contributed by atoms with van der Waals surface area (Å²) in [5, 5.41) is 4.88.